The highest BCUT2D eigenvalue weighted by Gasteiger charge is 2.45. The Kier molecular flexibility index (Phi) is 6.35. The van der Waals surface area contributed by atoms with Crippen LogP contribution in [0.5, 0.6) is 5.75 Å². The number of anilines is 1. The topological polar surface area (TPSA) is 96.0 Å². The molecular formula is C25H20FN3O5. The standard InChI is InChI=1S/C25H20FN3O5/c1-34-18-11-7-10-17(14-18)28-22(30)15-21(25(28)33)29(24(32)16-8-3-2-4-9-16)27-23(31)19-12-5-6-13-20(19)26/h2-14,21H,15H2,1H3,(H,27,31). The molecule has 34 heavy (non-hydrogen) atoms. The Hall–Kier alpha value is -4.53. The minimum absolute atomic E-state index is 0.177. The van der Waals surface area contributed by atoms with E-state index in [1.54, 1.807) is 36.4 Å². The van der Waals surface area contributed by atoms with Crippen LogP contribution in [0.2, 0.25) is 0 Å². The fourth-order valence-corrected chi connectivity index (χ4v) is 3.64. The number of hydrogen-bond acceptors (Lipinski definition) is 5. The van der Waals surface area contributed by atoms with Crippen molar-refractivity contribution in [1.29, 1.82) is 0 Å². The van der Waals surface area contributed by atoms with E-state index in [2.05, 4.69) is 5.43 Å². The number of nitrogens with one attached hydrogen (secondary N) is 1. The number of carbonyl (C=O) groups is 4. The SMILES string of the molecule is COc1cccc(N2C(=O)CC(N(NC(=O)c3ccccc3F)C(=O)c3ccccc3)C2=O)c1. The zero-order valence-electron chi connectivity index (χ0n) is 18.1. The molecule has 4 amide bonds. The smallest absolute Gasteiger partial charge is 0.273 e. The molecule has 0 bridgehead atoms. The van der Waals surface area contributed by atoms with E-state index < -0.39 is 35.5 Å². The average Bonchev–Trinajstić information content (AvgIpc) is 3.16. The first-order valence-corrected chi connectivity index (χ1v) is 10.4. The molecule has 0 radical (unpaired) electrons. The first kappa shape index (κ1) is 22.7. The maximum Gasteiger partial charge on any atom is 0.273 e. The van der Waals surface area contributed by atoms with Crippen molar-refractivity contribution in [1.82, 2.24) is 10.4 Å². The van der Waals surface area contributed by atoms with Crippen LogP contribution in [-0.2, 0) is 9.59 Å². The summed E-state index contributed by atoms with van der Waals surface area (Å²) >= 11 is 0. The molecule has 1 aliphatic heterocycles. The van der Waals surface area contributed by atoms with Gasteiger partial charge in [-0.3, -0.25) is 24.6 Å². The Morgan fingerprint density at radius 2 is 1.71 bits per heavy atom. The molecule has 3 aromatic carbocycles. The van der Waals surface area contributed by atoms with Gasteiger partial charge in [-0.05, 0) is 36.4 Å². The molecule has 0 spiro atoms. The highest BCUT2D eigenvalue weighted by atomic mass is 19.1. The van der Waals surface area contributed by atoms with Gasteiger partial charge in [0.2, 0.25) is 5.91 Å². The molecule has 9 heteroatoms. The lowest BCUT2D eigenvalue weighted by molar-refractivity contribution is -0.122. The van der Waals surface area contributed by atoms with E-state index in [0.717, 1.165) is 16.0 Å². The molecule has 1 N–H and O–H groups in total. The molecule has 1 fully saturated rings. The van der Waals surface area contributed by atoms with Crippen molar-refractivity contribution in [2.75, 3.05) is 12.0 Å². The maximum atomic E-state index is 14.2. The van der Waals surface area contributed by atoms with Crippen LogP contribution in [0.15, 0.2) is 78.9 Å². The normalized spacial score (nSPS) is 15.2. The summed E-state index contributed by atoms with van der Waals surface area (Å²) in [6.07, 6.45) is -0.369. The lowest BCUT2D eigenvalue weighted by Crippen LogP contribution is -2.54. The number of hydrazine groups is 1. The largest absolute Gasteiger partial charge is 0.497 e. The summed E-state index contributed by atoms with van der Waals surface area (Å²) in [6, 6.07) is 18.2. The van der Waals surface area contributed by atoms with Gasteiger partial charge < -0.3 is 4.74 Å². The molecule has 172 valence electrons. The highest BCUT2D eigenvalue weighted by Crippen LogP contribution is 2.28. The van der Waals surface area contributed by atoms with Crippen molar-refractivity contribution in [2.24, 2.45) is 0 Å². The molecule has 8 nitrogen and oxygen atoms in total. The van der Waals surface area contributed by atoms with E-state index in [0.29, 0.717) is 5.75 Å². The number of methoxy groups -OCH3 is 1. The van der Waals surface area contributed by atoms with Crippen molar-refractivity contribution in [3.8, 4) is 5.75 Å². The molecule has 0 aromatic heterocycles. The second-order valence-electron chi connectivity index (χ2n) is 7.45. The van der Waals surface area contributed by atoms with E-state index in [-0.39, 0.29) is 23.2 Å². The Balaban J connectivity index is 1.69. The van der Waals surface area contributed by atoms with Crippen LogP contribution in [0.25, 0.3) is 0 Å². The molecule has 0 saturated carbocycles. The van der Waals surface area contributed by atoms with Gasteiger partial charge in [-0.2, -0.15) is 0 Å². The van der Waals surface area contributed by atoms with E-state index in [1.165, 1.54) is 43.5 Å². The maximum absolute atomic E-state index is 14.2. The van der Waals surface area contributed by atoms with Gasteiger partial charge in [0.05, 0.1) is 24.8 Å². The highest BCUT2D eigenvalue weighted by molar-refractivity contribution is 6.23. The van der Waals surface area contributed by atoms with E-state index in [1.807, 2.05) is 0 Å². The van der Waals surface area contributed by atoms with Crippen LogP contribution >= 0.6 is 0 Å². The molecule has 0 aliphatic carbocycles. The predicted octanol–water partition coefficient (Wildman–Crippen LogP) is 2.95. The quantitative estimate of drug-likeness (QED) is 0.466. The fourth-order valence-electron chi connectivity index (χ4n) is 3.64. The summed E-state index contributed by atoms with van der Waals surface area (Å²) < 4.78 is 19.3. The van der Waals surface area contributed by atoms with Crippen LogP contribution in [0.3, 0.4) is 0 Å². The van der Waals surface area contributed by atoms with Crippen molar-refractivity contribution >= 4 is 29.3 Å². The van der Waals surface area contributed by atoms with Crippen molar-refractivity contribution in [3.63, 3.8) is 0 Å². The average molecular weight is 461 g/mol. The van der Waals surface area contributed by atoms with Crippen LogP contribution < -0.4 is 15.1 Å². The number of rotatable bonds is 5. The molecule has 1 heterocycles. The van der Waals surface area contributed by atoms with Gasteiger partial charge in [-0.15, -0.1) is 0 Å². The molecule has 1 saturated heterocycles. The third-order valence-electron chi connectivity index (χ3n) is 5.33. The second-order valence-corrected chi connectivity index (χ2v) is 7.45. The number of carbonyl (C=O) groups excluding carboxylic acids is 4. The molecule has 4 rings (SSSR count). The third-order valence-corrected chi connectivity index (χ3v) is 5.33. The van der Waals surface area contributed by atoms with Gasteiger partial charge in [-0.25, -0.2) is 14.3 Å². The number of ether oxygens (including phenoxy) is 1. The van der Waals surface area contributed by atoms with Gasteiger partial charge in [-0.1, -0.05) is 36.4 Å². The molecule has 1 unspecified atom stereocenters. The van der Waals surface area contributed by atoms with E-state index >= 15 is 0 Å². The second kappa shape index (κ2) is 9.53. The molecular weight excluding hydrogens is 441 g/mol. The summed E-state index contributed by atoms with van der Waals surface area (Å²) in [6.45, 7) is 0. The molecule has 3 aromatic rings. The lowest BCUT2D eigenvalue weighted by atomic mass is 10.1. The van der Waals surface area contributed by atoms with E-state index in [4.69, 9.17) is 4.74 Å². The van der Waals surface area contributed by atoms with Gasteiger partial charge >= 0.3 is 0 Å². The fraction of sp³-hybridized carbons (Fsp3) is 0.120. The van der Waals surface area contributed by atoms with Gasteiger partial charge in [0.25, 0.3) is 17.7 Å². The number of imide groups is 1. The third kappa shape index (κ3) is 4.36. The molecule has 1 aliphatic rings. The van der Waals surface area contributed by atoms with E-state index in [9.17, 15) is 23.6 Å². The number of hydrogen-bond donors (Lipinski definition) is 1. The summed E-state index contributed by atoms with van der Waals surface area (Å²) in [7, 11) is 1.45. The monoisotopic (exact) mass is 461 g/mol. The number of amides is 4. The summed E-state index contributed by atoms with van der Waals surface area (Å²) in [5.74, 6) is -3.28. The minimum atomic E-state index is -1.33. The summed E-state index contributed by atoms with van der Waals surface area (Å²) in [5.41, 5.74) is 2.48. The van der Waals surface area contributed by atoms with Crippen LogP contribution in [0, 0.1) is 5.82 Å². The Morgan fingerprint density at radius 1 is 1.00 bits per heavy atom. The first-order valence-electron chi connectivity index (χ1n) is 10.4. The van der Waals surface area contributed by atoms with Gasteiger partial charge in [0.1, 0.15) is 17.6 Å². The first-order chi connectivity index (χ1) is 16.4. The van der Waals surface area contributed by atoms with Crippen molar-refractivity contribution < 1.29 is 28.3 Å². The number of nitrogens with zero attached hydrogens (tertiary/aromatic N) is 2. The van der Waals surface area contributed by atoms with Crippen LogP contribution in [0.1, 0.15) is 27.1 Å². The molecule has 1 atom stereocenters. The van der Waals surface area contributed by atoms with Gasteiger partial charge in [0, 0.05) is 11.6 Å². The number of benzene rings is 3. The minimum Gasteiger partial charge on any atom is -0.497 e. The number of halogens is 1. The predicted molar refractivity (Wildman–Crippen MR) is 120 cm³/mol. The summed E-state index contributed by atoms with van der Waals surface area (Å²) in [5, 5.41) is 0.796. The summed E-state index contributed by atoms with van der Waals surface area (Å²) in [4.78, 5) is 53.2. The van der Waals surface area contributed by atoms with Crippen molar-refractivity contribution in [2.45, 2.75) is 12.5 Å². The van der Waals surface area contributed by atoms with Crippen LogP contribution in [0.4, 0.5) is 10.1 Å². The zero-order valence-corrected chi connectivity index (χ0v) is 18.1. The zero-order chi connectivity index (χ0) is 24.2. The van der Waals surface area contributed by atoms with Gasteiger partial charge in [0.15, 0.2) is 0 Å². The Labute approximate surface area is 194 Å². The Bertz CT molecular complexity index is 1260. The Morgan fingerprint density at radius 3 is 2.41 bits per heavy atom. The van der Waals surface area contributed by atoms with Crippen molar-refractivity contribution in [3.05, 3.63) is 95.8 Å². The lowest BCUT2D eigenvalue weighted by Gasteiger charge is -2.28. The van der Waals surface area contributed by atoms with Crippen LogP contribution in [-0.4, -0.2) is 41.8 Å².